The summed E-state index contributed by atoms with van der Waals surface area (Å²) in [5.41, 5.74) is 0. The SMILES string of the molecule is Cl.O=S1(=O)CCC(N(CC2CCCNC2)C2CC2)C1. The van der Waals surface area contributed by atoms with Gasteiger partial charge in [-0.1, -0.05) is 0 Å². The number of nitrogens with one attached hydrogen (secondary N) is 1. The molecule has 0 aromatic heterocycles. The average molecular weight is 309 g/mol. The number of hydrogen-bond acceptors (Lipinski definition) is 4. The van der Waals surface area contributed by atoms with Crippen molar-refractivity contribution in [2.24, 2.45) is 5.92 Å². The molecular formula is C13H25ClN2O2S. The minimum Gasteiger partial charge on any atom is -0.316 e. The average Bonchev–Trinajstić information content (AvgIpc) is 3.12. The van der Waals surface area contributed by atoms with Crippen LogP contribution in [-0.2, 0) is 9.84 Å². The summed E-state index contributed by atoms with van der Waals surface area (Å²) >= 11 is 0. The second-order valence-corrected chi connectivity index (χ2v) is 8.43. The highest BCUT2D eigenvalue weighted by molar-refractivity contribution is 7.91. The molecule has 2 heterocycles. The second-order valence-electron chi connectivity index (χ2n) is 6.20. The van der Waals surface area contributed by atoms with Crippen molar-refractivity contribution < 1.29 is 8.42 Å². The van der Waals surface area contributed by atoms with E-state index >= 15 is 0 Å². The lowest BCUT2D eigenvalue weighted by molar-refractivity contribution is 0.156. The maximum Gasteiger partial charge on any atom is 0.151 e. The van der Waals surface area contributed by atoms with Crippen molar-refractivity contribution in [2.45, 2.75) is 44.2 Å². The summed E-state index contributed by atoms with van der Waals surface area (Å²) in [6, 6.07) is 0.995. The van der Waals surface area contributed by atoms with E-state index < -0.39 is 9.84 Å². The lowest BCUT2D eigenvalue weighted by atomic mass is 9.98. The first-order valence-electron chi connectivity index (χ1n) is 7.31. The summed E-state index contributed by atoms with van der Waals surface area (Å²) < 4.78 is 23.3. The van der Waals surface area contributed by atoms with Crippen LogP contribution in [0.25, 0.3) is 0 Å². The van der Waals surface area contributed by atoms with Crippen molar-refractivity contribution in [2.75, 3.05) is 31.1 Å². The third-order valence-electron chi connectivity index (χ3n) is 4.56. The fourth-order valence-electron chi connectivity index (χ4n) is 3.42. The number of piperidine rings is 1. The van der Waals surface area contributed by atoms with Crippen LogP contribution in [-0.4, -0.2) is 56.5 Å². The summed E-state index contributed by atoms with van der Waals surface area (Å²) in [4.78, 5) is 2.53. The van der Waals surface area contributed by atoms with E-state index in [0.29, 0.717) is 23.6 Å². The van der Waals surface area contributed by atoms with Gasteiger partial charge in [0.15, 0.2) is 9.84 Å². The zero-order valence-electron chi connectivity index (χ0n) is 11.4. The van der Waals surface area contributed by atoms with Gasteiger partial charge in [0.05, 0.1) is 11.5 Å². The molecule has 0 aromatic rings. The second kappa shape index (κ2) is 6.29. The van der Waals surface area contributed by atoms with Gasteiger partial charge in [0.1, 0.15) is 0 Å². The number of hydrogen-bond donors (Lipinski definition) is 1. The molecule has 6 heteroatoms. The van der Waals surface area contributed by atoms with Crippen molar-refractivity contribution in [3.05, 3.63) is 0 Å². The summed E-state index contributed by atoms with van der Waals surface area (Å²) in [7, 11) is -2.74. The van der Waals surface area contributed by atoms with Crippen LogP contribution in [0, 0.1) is 5.92 Å². The number of nitrogens with zero attached hydrogens (tertiary/aromatic N) is 1. The minimum atomic E-state index is -2.74. The van der Waals surface area contributed by atoms with Crippen LogP contribution in [0.2, 0.25) is 0 Å². The number of halogens is 1. The van der Waals surface area contributed by atoms with Crippen LogP contribution in [0.3, 0.4) is 0 Å². The highest BCUT2D eigenvalue weighted by Gasteiger charge is 2.40. The molecule has 0 radical (unpaired) electrons. The molecule has 3 rings (SSSR count). The van der Waals surface area contributed by atoms with Crippen molar-refractivity contribution in [3.8, 4) is 0 Å². The molecule has 3 aliphatic rings. The van der Waals surface area contributed by atoms with Crippen LogP contribution < -0.4 is 5.32 Å². The molecule has 2 saturated heterocycles. The third-order valence-corrected chi connectivity index (χ3v) is 6.31. The quantitative estimate of drug-likeness (QED) is 0.844. The van der Waals surface area contributed by atoms with Crippen molar-refractivity contribution in [1.82, 2.24) is 10.2 Å². The van der Waals surface area contributed by atoms with E-state index in [4.69, 9.17) is 0 Å². The molecule has 0 amide bonds. The Morgan fingerprint density at radius 3 is 2.42 bits per heavy atom. The van der Waals surface area contributed by atoms with Gasteiger partial charge in [-0.2, -0.15) is 0 Å². The Bertz CT molecular complexity index is 391. The van der Waals surface area contributed by atoms with Gasteiger partial charge in [0.25, 0.3) is 0 Å². The summed E-state index contributed by atoms with van der Waals surface area (Å²) in [6.45, 7) is 3.37. The highest BCUT2D eigenvalue weighted by atomic mass is 35.5. The van der Waals surface area contributed by atoms with Crippen molar-refractivity contribution in [1.29, 1.82) is 0 Å². The van der Waals surface area contributed by atoms with E-state index in [1.165, 1.54) is 25.7 Å². The van der Waals surface area contributed by atoms with Crippen LogP contribution in [0.5, 0.6) is 0 Å². The molecule has 112 valence electrons. The topological polar surface area (TPSA) is 49.4 Å². The molecule has 0 spiro atoms. The Morgan fingerprint density at radius 2 is 1.89 bits per heavy atom. The number of rotatable bonds is 4. The molecule has 0 aromatic carbocycles. The first-order valence-corrected chi connectivity index (χ1v) is 9.13. The van der Waals surface area contributed by atoms with Gasteiger partial charge in [-0.3, -0.25) is 4.90 Å². The Kier molecular flexibility index (Phi) is 5.15. The third kappa shape index (κ3) is 4.06. The molecule has 2 aliphatic heterocycles. The van der Waals surface area contributed by atoms with E-state index in [1.807, 2.05) is 0 Å². The summed E-state index contributed by atoms with van der Waals surface area (Å²) in [6.07, 6.45) is 5.98. The molecule has 1 saturated carbocycles. The molecule has 2 unspecified atom stereocenters. The van der Waals surface area contributed by atoms with Gasteiger partial charge in [-0.05, 0) is 51.1 Å². The standard InChI is InChI=1S/C13H24N2O2S.ClH/c16-18(17)7-5-13(10-18)15(12-3-4-12)9-11-2-1-6-14-8-11;/h11-14H,1-10H2;1H. The van der Waals surface area contributed by atoms with Gasteiger partial charge in [-0.25, -0.2) is 8.42 Å². The van der Waals surface area contributed by atoms with E-state index in [9.17, 15) is 8.42 Å². The maximum atomic E-state index is 11.6. The monoisotopic (exact) mass is 308 g/mol. The van der Waals surface area contributed by atoms with Crippen LogP contribution in [0.15, 0.2) is 0 Å². The van der Waals surface area contributed by atoms with Gasteiger partial charge in [-0.15, -0.1) is 12.4 Å². The van der Waals surface area contributed by atoms with Crippen molar-refractivity contribution in [3.63, 3.8) is 0 Å². The first kappa shape index (κ1) is 15.5. The Labute approximate surface area is 122 Å². The minimum absolute atomic E-state index is 0. The molecule has 4 nitrogen and oxygen atoms in total. The van der Waals surface area contributed by atoms with Gasteiger partial charge < -0.3 is 5.32 Å². The summed E-state index contributed by atoms with van der Waals surface area (Å²) in [5, 5.41) is 3.46. The van der Waals surface area contributed by atoms with Crippen LogP contribution in [0.1, 0.15) is 32.1 Å². The lowest BCUT2D eigenvalue weighted by Crippen LogP contribution is -2.44. The predicted molar refractivity (Wildman–Crippen MR) is 79.6 cm³/mol. The van der Waals surface area contributed by atoms with Crippen molar-refractivity contribution >= 4 is 22.2 Å². The highest BCUT2D eigenvalue weighted by Crippen LogP contribution is 2.33. The lowest BCUT2D eigenvalue weighted by Gasteiger charge is -2.33. The fraction of sp³-hybridized carbons (Fsp3) is 1.00. The van der Waals surface area contributed by atoms with Gasteiger partial charge in [0, 0.05) is 18.6 Å². The van der Waals surface area contributed by atoms with E-state index in [0.717, 1.165) is 32.0 Å². The normalized spacial score (nSPS) is 34.2. The zero-order chi connectivity index (χ0) is 12.6. The smallest absolute Gasteiger partial charge is 0.151 e. The molecular weight excluding hydrogens is 284 g/mol. The van der Waals surface area contributed by atoms with Gasteiger partial charge >= 0.3 is 0 Å². The van der Waals surface area contributed by atoms with E-state index in [1.54, 1.807) is 0 Å². The fourth-order valence-corrected chi connectivity index (χ4v) is 5.16. The first-order chi connectivity index (χ1) is 8.64. The van der Waals surface area contributed by atoms with Crippen LogP contribution in [0.4, 0.5) is 0 Å². The summed E-state index contributed by atoms with van der Waals surface area (Å²) in [5.74, 6) is 1.54. The molecule has 1 aliphatic carbocycles. The zero-order valence-corrected chi connectivity index (χ0v) is 13.0. The molecule has 1 N–H and O–H groups in total. The van der Waals surface area contributed by atoms with E-state index in [-0.39, 0.29) is 12.4 Å². The molecule has 2 atom stereocenters. The number of sulfone groups is 1. The molecule has 19 heavy (non-hydrogen) atoms. The Balaban J connectivity index is 0.00000133. The molecule has 3 fully saturated rings. The maximum absolute atomic E-state index is 11.6. The van der Waals surface area contributed by atoms with Gasteiger partial charge in [0.2, 0.25) is 0 Å². The Hall–Kier alpha value is 0.160. The van der Waals surface area contributed by atoms with Crippen LogP contribution >= 0.6 is 12.4 Å². The molecule has 0 bridgehead atoms. The van der Waals surface area contributed by atoms with E-state index in [2.05, 4.69) is 10.2 Å². The largest absolute Gasteiger partial charge is 0.316 e. The Morgan fingerprint density at radius 1 is 1.11 bits per heavy atom. The predicted octanol–water partition coefficient (Wildman–Crippen LogP) is 1.06.